The quantitative estimate of drug-likeness (QED) is 0.402. The van der Waals surface area contributed by atoms with Gasteiger partial charge < -0.3 is 10.6 Å². The third-order valence-electron chi connectivity index (χ3n) is 5.08. The van der Waals surface area contributed by atoms with Gasteiger partial charge in [0, 0.05) is 34.4 Å². The number of nitrogens with one attached hydrogen (secondary N) is 3. The minimum Gasteiger partial charge on any atom is -0.385 e. The lowest BCUT2D eigenvalue weighted by molar-refractivity contribution is -0.124. The second kappa shape index (κ2) is 9.56. The maximum Gasteiger partial charge on any atom is 0.262 e. The largest absolute Gasteiger partial charge is 0.385 e. The molecule has 0 saturated carbocycles. The number of alkyl halides is 1. The molecule has 0 radical (unpaired) electrons. The Morgan fingerprint density at radius 1 is 0.938 bits per heavy atom. The van der Waals surface area contributed by atoms with Crippen LogP contribution in [0.15, 0.2) is 65.6 Å². The van der Waals surface area contributed by atoms with E-state index in [1.54, 1.807) is 42.5 Å². The Morgan fingerprint density at radius 3 is 2.22 bits per heavy atom. The van der Waals surface area contributed by atoms with Crippen LogP contribution in [0, 0.1) is 5.41 Å². The first-order valence-corrected chi connectivity index (χ1v) is 11.9. The lowest BCUT2D eigenvalue weighted by Crippen LogP contribution is -2.32. The van der Waals surface area contributed by atoms with Crippen molar-refractivity contribution in [1.82, 2.24) is 0 Å². The van der Waals surface area contributed by atoms with E-state index in [1.807, 2.05) is 18.2 Å². The molecule has 0 aliphatic rings. The molecule has 6 nitrogen and oxygen atoms in total. The molecular weight excluding hydrogens is 429 g/mol. The van der Waals surface area contributed by atoms with Gasteiger partial charge in [0.05, 0.1) is 10.3 Å². The first kappa shape index (κ1) is 23.5. The molecule has 0 fully saturated rings. The Labute approximate surface area is 188 Å². The van der Waals surface area contributed by atoms with Crippen molar-refractivity contribution in [3.05, 3.63) is 60.7 Å². The molecular formula is C24H28FN3O3S. The van der Waals surface area contributed by atoms with Crippen molar-refractivity contribution in [2.75, 3.05) is 28.6 Å². The molecule has 0 unspecified atom stereocenters. The molecule has 1 amide bonds. The lowest BCUT2D eigenvalue weighted by Gasteiger charge is -2.19. The molecule has 0 aliphatic carbocycles. The van der Waals surface area contributed by atoms with Crippen LogP contribution in [0.3, 0.4) is 0 Å². The molecule has 3 aromatic carbocycles. The van der Waals surface area contributed by atoms with Crippen LogP contribution in [0.4, 0.5) is 21.5 Å². The third-order valence-corrected chi connectivity index (χ3v) is 6.52. The van der Waals surface area contributed by atoms with E-state index in [2.05, 4.69) is 22.3 Å². The summed E-state index contributed by atoms with van der Waals surface area (Å²) < 4.78 is 41.8. The molecule has 0 atom stereocenters. The maximum absolute atomic E-state index is 13.1. The molecule has 170 valence electrons. The highest BCUT2D eigenvalue weighted by Crippen LogP contribution is 2.30. The topological polar surface area (TPSA) is 87.3 Å². The van der Waals surface area contributed by atoms with Crippen molar-refractivity contribution in [2.45, 2.75) is 32.1 Å². The van der Waals surface area contributed by atoms with E-state index < -0.39 is 28.0 Å². The van der Waals surface area contributed by atoms with Crippen LogP contribution in [-0.2, 0) is 14.8 Å². The molecule has 0 aromatic heterocycles. The summed E-state index contributed by atoms with van der Waals surface area (Å²) in [6.45, 7) is 5.10. The molecule has 3 aromatic rings. The van der Waals surface area contributed by atoms with Crippen LogP contribution in [0.1, 0.15) is 27.2 Å². The van der Waals surface area contributed by atoms with Gasteiger partial charge in [0.25, 0.3) is 10.0 Å². The van der Waals surface area contributed by atoms with Crippen LogP contribution >= 0.6 is 0 Å². The van der Waals surface area contributed by atoms with Gasteiger partial charge in [-0.1, -0.05) is 31.2 Å². The van der Waals surface area contributed by atoms with E-state index in [-0.39, 0.29) is 4.90 Å². The average molecular weight is 458 g/mol. The molecule has 0 heterocycles. The van der Waals surface area contributed by atoms with Gasteiger partial charge >= 0.3 is 0 Å². The SMILES string of the molecule is CCCNc1cccc2c(S(=O)(=O)Nc3ccc(NC(=O)C(C)(C)CF)cc3)cccc12. The van der Waals surface area contributed by atoms with Crippen LogP contribution in [0.5, 0.6) is 0 Å². The standard InChI is InChI=1S/C24H28FN3O3S/c1-4-15-26-21-9-5-8-20-19(21)7-6-10-22(20)32(30,31)28-18-13-11-17(12-14-18)27-23(29)24(2,3)16-25/h5-14,26,28H,4,15-16H2,1-3H3,(H,27,29). The highest BCUT2D eigenvalue weighted by molar-refractivity contribution is 7.93. The Kier molecular flexibility index (Phi) is 7.03. The smallest absolute Gasteiger partial charge is 0.262 e. The van der Waals surface area contributed by atoms with Gasteiger partial charge in [-0.15, -0.1) is 0 Å². The second-order valence-corrected chi connectivity index (χ2v) is 9.89. The van der Waals surface area contributed by atoms with Crippen molar-refractivity contribution in [1.29, 1.82) is 0 Å². The normalized spacial score (nSPS) is 11.9. The highest BCUT2D eigenvalue weighted by Gasteiger charge is 2.27. The number of rotatable bonds is 9. The molecule has 0 aliphatic heterocycles. The van der Waals surface area contributed by atoms with Gasteiger partial charge in [0.15, 0.2) is 0 Å². The van der Waals surface area contributed by atoms with E-state index in [0.717, 1.165) is 24.0 Å². The van der Waals surface area contributed by atoms with E-state index in [9.17, 15) is 17.6 Å². The monoisotopic (exact) mass is 457 g/mol. The number of hydrogen-bond acceptors (Lipinski definition) is 4. The van der Waals surface area contributed by atoms with Gasteiger partial charge in [-0.2, -0.15) is 0 Å². The molecule has 3 N–H and O–H groups in total. The average Bonchev–Trinajstić information content (AvgIpc) is 2.78. The summed E-state index contributed by atoms with van der Waals surface area (Å²) in [7, 11) is -3.86. The number of fused-ring (bicyclic) bond motifs is 1. The van der Waals surface area contributed by atoms with Crippen LogP contribution in [-0.4, -0.2) is 27.5 Å². The summed E-state index contributed by atoms with van der Waals surface area (Å²) in [5.74, 6) is -0.448. The number of benzene rings is 3. The van der Waals surface area contributed by atoms with Gasteiger partial charge in [-0.3, -0.25) is 9.52 Å². The molecule has 8 heteroatoms. The number of carbonyl (C=O) groups excluding carboxylic acids is 1. The highest BCUT2D eigenvalue weighted by atomic mass is 32.2. The van der Waals surface area contributed by atoms with Crippen LogP contribution in [0.2, 0.25) is 0 Å². The molecule has 32 heavy (non-hydrogen) atoms. The Hall–Kier alpha value is -3.13. The van der Waals surface area contributed by atoms with Crippen molar-refractivity contribution in [3.63, 3.8) is 0 Å². The van der Waals surface area contributed by atoms with Crippen molar-refractivity contribution in [3.8, 4) is 0 Å². The summed E-state index contributed by atoms with van der Waals surface area (Å²) in [5.41, 5.74) is 0.554. The number of hydrogen-bond donors (Lipinski definition) is 3. The molecule has 0 bridgehead atoms. The first-order chi connectivity index (χ1) is 15.2. The molecule has 0 spiro atoms. The number of amides is 1. The fraction of sp³-hybridized carbons (Fsp3) is 0.292. The summed E-state index contributed by atoms with van der Waals surface area (Å²) in [5, 5.41) is 7.42. The zero-order valence-electron chi connectivity index (χ0n) is 18.4. The van der Waals surface area contributed by atoms with Gasteiger partial charge in [-0.05, 0) is 56.7 Å². The van der Waals surface area contributed by atoms with Crippen LogP contribution in [0.25, 0.3) is 10.8 Å². The minimum absolute atomic E-state index is 0.178. The van der Waals surface area contributed by atoms with E-state index in [4.69, 9.17) is 0 Å². The number of carbonyl (C=O) groups is 1. The summed E-state index contributed by atoms with van der Waals surface area (Å²) in [4.78, 5) is 12.3. The van der Waals surface area contributed by atoms with Crippen molar-refractivity contribution < 1.29 is 17.6 Å². The number of halogens is 1. The summed E-state index contributed by atoms with van der Waals surface area (Å²) in [6.07, 6.45) is 0.956. The van der Waals surface area contributed by atoms with Gasteiger partial charge in [0.1, 0.15) is 6.67 Å². The fourth-order valence-electron chi connectivity index (χ4n) is 3.12. The predicted octanol–water partition coefficient (Wildman–Crippen LogP) is 5.40. The first-order valence-electron chi connectivity index (χ1n) is 10.4. The van der Waals surface area contributed by atoms with Crippen molar-refractivity contribution >= 4 is 43.8 Å². The zero-order chi connectivity index (χ0) is 23.4. The summed E-state index contributed by atoms with van der Waals surface area (Å²) >= 11 is 0. The van der Waals surface area contributed by atoms with E-state index in [1.165, 1.54) is 13.8 Å². The van der Waals surface area contributed by atoms with Gasteiger partial charge in [-0.25, -0.2) is 12.8 Å². The minimum atomic E-state index is -3.86. The Morgan fingerprint density at radius 2 is 1.56 bits per heavy atom. The second-order valence-electron chi connectivity index (χ2n) is 8.24. The Bertz CT molecular complexity index is 1210. The zero-order valence-corrected chi connectivity index (χ0v) is 19.2. The number of sulfonamides is 1. The van der Waals surface area contributed by atoms with Crippen LogP contribution < -0.4 is 15.4 Å². The predicted molar refractivity (Wildman–Crippen MR) is 128 cm³/mol. The Balaban J connectivity index is 1.84. The van der Waals surface area contributed by atoms with E-state index in [0.29, 0.717) is 16.8 Å². The fourth-order valence-corrected chi connectivity index (χ4v) is 4.40. The van der Waals surface area contributed by atoms with E-state index >= 15 is 0 Å². The summed E-state index contributed by atoms with van der Waals surface area (Å²) in [6, 6.07) is 17.0. The van der Waals surface area contributed by atoms with Gasteiger partial charge in [0.2, 0.25) is 5.91 Å². The van der Waals surface area contributed by atoms with Crippen molar-refractivity contribution in [2.24, 2.45) is 5.41 Å². The molecule has 3 rings (SSSR count). The molecule has 0 saturated heterocycles. The lowest BCUT2D eigenvalue weighted by atomic mass is 9.94. The third kappa shape index (κ3) is 5.19. The maximum atomic E-state index is 13.1. The number of anilines is 3.